The van der Waals surface area contributed by atoms with Crippen molar-refractivity contribution in [3.63, 3.8) is 0 Å². The topological polar surface area (TPSA) is 99.8 Å². The number of rotatable bonds is 5. The van der Waals surface area contributed by atoms with E-state index in [2.05, 4.69) is 16.0 Å². The van der Waals surface area contributed by atoms with Gasteiger partial charge in [0.15, 0.2) is 0 Å². The zero-order chi connectivity index (χ0) is 27.7. The fourth-order valence-corrected chi connectivity index (χ4v) is 5.55. The predicted molar refractivity (Wildman–Crippen MR) is 144 cm³/mol. The number of amides is 3. The van der Waals surface area contributed by atoms with E-state index in [1.54, 1.807) is 0 Å². The van der Waals surface area contributed by atoms with Gasteiger partial charge in [-0.2, -0.15) is 0 Å². The summed E-state index contributed by atoms with van der Waals surface area (Å²) >= 11 is 0. The van der Waals surface area contributed by atoms with Gasteiger partial charge in [-0.15, -0.1) is 0 Å². The van der Waals surface area contributed by atoms with Crippen molar-refractivity contribution in [2.75, 3.05) is 26.2 Å². The number of hydrogen-bond donors (Lipinski definition) is 3. The molecule has 2 bridgehead atoms. The molecule has 0 aromatic heterocycles. The summed E-state index contributed by atoms with van der Waals surface area (Å²) in [6.07, 6.45) is 6.45. The first-order valence-corrected chi connectivity index (χ1v) is 14.5. The molecular weight excluding hydrogens is 506 g/mol. The lowest BCUT2D eigenvalue weighted by Gasteiger charge is -2.32. The highest BCUT2D eigenvalue weighted by atomic mass is 19.3. The first kappa shape index (κ1) is 29.2. The molecular formula is C29H42F2N4O4. The van der Waals surface area contributed by atoms with Crippen molar-refractivity contribution in [1.82, 2.24) is 20.9 Å². The highest BCUT2D eigenvalue weighted by Crippen LogP contribution is 2.27. The van der Waals surface area contributed by atoms with Gasteiger partial charge in [-0.25, -0.2) is 8.78 Å². The number of hydrogen-bond acceptors (Lipinski definition) is 5. The number of likely N-dealkylation sites (tertiary alicyclic amines) is 1. The maximum atomic E-state index is 13.6. The molecule has 2 atom stereocenters. The molecule has 10 heteroatoms. The van der Waals surface area contributed by atoms with Crippen molar-refractivity contribution in [2.24, 2.45) is 0 Å². The van der Waals surface area contributed by atoms with Crippen LogP contribution in [0.1, 0.15) is 76.2 Å². The molecule has 2 heterocycles. The summed E-state index contributed by atoms with van der Waals surface area (Å²) in [7, 11) is 0. The van der Waals surface area contributed by atoms with Gasteiger partial charge in [-0.1, -0.05) is 25.0 Å². The van der Waals surface area contributed by atoms with E-state index in [-0.39, 0.29) is 56.6 Å². The lowest BCUT2D eigenvalue weighted by molar-refractivity contribution is -0.132. The fourth-order valence-electron chi connectivity index (χ4n) is 5.55. The number of carbonyl (C=O) groups excluding carboxylic acids is 3. The lowest BCUT2D eigenvalue weighted by Crippen LogP contribution is -2.55. The summed E-state index contributed by atoms with van der Waals surface area (Å²) in [6, 6.07) is 6.19. The minimum atomic E-state index is -2.65. The molecule has 3 N–H and O–H groups in total. The first-order chi connectivity index (χ1) is 18.8. The van der Waals surface area contributed by atoms with Crippen molar-refractivity contribution in [3.8, 4) is 5.75 Å². The average Bonchev–Trinajstić information content (AvgIpc) is 3.42. The summed E-state index contributed by atoms with van der Waals surface area (Å²) < 4.78 is 33.1. The number of benzene rings is 1. The second-order valence-corrected chi connectivity index (χ2v) is 11.1. The molecule has 8 nitrogen and oxygen atoms in total. The molecule has 3 aliphatic rings. The van der Waals surface area contributed by atoms with Crippen LogP contribution < -0.4 is 20.7 Å². The molecule has 216 valence electrons. The first-order valence-electron chi connectivity index (χ1n) is 14.5. The van der Waals surface area contributed by atoms with Crippen LogP contribution in [0.15, 0.2) is 24.3 Å². The van der Waals surface area contributed by atoms with Gasteiger partial charge in [0.2, 0.25) is 17.7 Å². The molecule has 0 spiro atoms. The van der Waals surface area contributed by atoms with Crippen LogP contribution in [-0.2, 0) is 20.8 Å². The SMILES string of the molecule is O=C1CCc2cccc(c2)OCCCC[C@@H](C(=O)NC2CCCC2)NC(=O)[C@H](CCN2CCC(F)(F)CC2)N1. The lowest BCUT2D eigenvalue weighted by atomic mass is 10.0. The Balaban J connectivity index is 1.45. The number of ether oxygens (including phenoxy) is 1. The van der Waals surface area contributed by atoms with Gasteiger partial charge < -0.3 is 25.6 Å². The monoisotopic (exact) mass is 548 g/mol. The molecule has 39 heavy (non-hydrogen) atoms. The van der Waals surface area contributed by atoms with E-state index < -0.39 is 23.9 Å². The molecule has 0 unspecified atom stereocenters. The Hall–Kier alpha value is -2.75. The van der Waals surface area contributed by atoms with E-state index in [0.717, 1.165) is 43.4 Å². The molecule has 2 aliphatic heterocycles. The number of piperidine rings is 1. The molecule has 3 amide bonds. The van der Waals surface area contributed by atoms with E-state index in [1.165, 1.54) is 0 Å². The van der Waals surface area contributed by atoms with Gasteiger partial charge in [0.1, 0.15) is 17.8 Å². The number of carbonyl (C=O) groups is 3. The second kappa shape index (κ2) is 14.1. The van der Waals surface area contributed by atoms with Crippen LogP contribution >= 0.6 is 0 Å². The number of fused-ring (bicyclic) bond motifs is 2. The number of nitrogens with zero attached hydrogens (tertiary/aromatic N) is 1. The molecule has 1 saturated carbocycles. The second-order valence-electron chi connectivity index (χ2n) is 11.1. The van der Waals surface area contributed by atoms with Gasteiger partial charge in [-0.3, -0.25) is 14.4 Å². The third kappa shape index (κ3) is 9.44. The number of halogens is 2. The average molecular weight is 549 g/mol. The smallest absolute Gasteiger partial charge is 0.250 e. The van der Waals surface area contributed by atoms with Gasteiger partial charge in [-0.05, 0) is 62.6 Å². The van der Waals surface area contributed by atoms with Gasteiger partial charge >= 0.3 is 0 Å². The van der Waals surface area contributed by atoms with E-state index in [4.69, 9.17) is 4.74 Å². The van der Waals surface area contributed by atoms with Crippen LogP contribution in [0, 0.1) is 0 Å². The Morgan fingerprint density at radius 3 is 2.54 bits per heavy atom. The highest BCUT2D eigenvalue weighted by Gasteiger charge is 2.35. The molecule has 4 rings (SSSR count). The van der Waals surface area contributed by atoms with E-state index in [9.17, 15) is 23.2 Å². The van der Waals surface area contributed by atoms with Gasteiger partial charge in [0.05, 0.1) is 6.61 Å². The summed E-state index contributed by atoms with van der Waals surface area (Å²) in [5, 5.41) is 8.85. The standard InChI is InChI=1S/C29H42F2N4O4/c30-29(31)14-17-35(18-15-29)16-13-25-28(38)34-24(27(37)32-22-7-1-2-8-22)10-3-4-19-39-23-9-5-6-21(20-23)11-12-26(36)33-25/h5-6,9,20,22,24-25H,1-4,7-8,10-19H2,(H,32,37)(H,33,36)(H,34,38)/t24-,25-/m0/s1. The van der Waals surface area contributed by atoms with Crippen LogP contribution in [0.25, 0.3) is 0 Å². The molecule has 1 saturated heterocycles. The van der Waals surface area contributed by atoms with Crippen molar-refractivity contribution >= 4 is 17.7 Å². The van der Waals surface area contributed by atoms with Gasteiger partial charge in [0.25, 0.3) is 5.92 Å². The summed E-state index contributed by atoms with van der Waals surface area (Å²) in [5.74, 6) is -2.79. The largest absolute Gasteiger partial charge is 0.494 e. The maximum Gasteiger partial charge on any atom is 0.250 e. The molecule has 2 fully saturated rings. The third-order valence-corrected chi connectivity index (χ3v) is 8.00. The number of aryl methyl sites for hydroxylation is 1. The Labute approximate surface area is 229 Å². The van der Waals surface area contributed by atoms with Crippen LogP contribution in [-0.4, -0.2) is 72.9 Å². The van der Waals surface area contributed by atoms with Crippen LogP contribution in [0.3, 0.4) is 0 Å². The summed E-state index contributed by atoms with van der Waals surface area (Å²) in [6.45, 7) is 1.40. The molecule has 1 aliphatic carbocycles. The van der Waals surface area contributed by atoms with Crippen LogP contribution in [0.4, 0.5) is 8.78 Å². The van der Waals surface area contributed by atoms with Crippen LogP contribution in [0.5, 0.6) is 5.75 Å². The Morgan fingerprint density at radius 2 is 1.77 bits per heavy atom. The Morgan fingerprint density at radius 1 is 1.03 bits per heavy atom. The van der Waals surface area contributed by atoms with Crippen molar-refractivity contribution in [3.05, 3.63) is 29.8 Å². The Bertz CT molecular complexity index is 976. The van der Waals surface area contributed by atoms with E-state index in [0.29, 0.717) is 32.4 Å². The van der Waals surface area contributed by atoms with Crippen molar-refractivity contribution in [2.45, 2.75) is 101 Å². The zero-order valence-corrected chi connectivity index (χ0v) is 22.7. The third-order valence-electron chi connectivity index (χ3n) is 8.00. The van der Waals surface area contributed by atoms with Crippen molar-refractivity contribution in [1.29, 1.82) is 0 Å². The fraction of sp³-hybridized carbons (Fsp3) is 0.690. The minimum Gasteiger partial charge on any atom is -0.494 e. The minimum absolute atomic E-state index is 0.123. The highest BCUT2D eigenvalue weighted by molar-refractivity contribution is 5.92. The zero-order valence-electron chi connectivity index (χ0n) is 22.7. The summed E-state index contributed by atoms with van der Waals surface area (Å²) in [5.41, 5.74) is 0.966. The van der Waals surface area contributed by atoms with Gasteiger partial charge in [0, 0.05) is 44.9 Å². The van der Waals surface area contributed by atoms with Crippen molar-refractivity contribution < 1.29 is 27.9 Å². The summed E-state index contributed by atoms with van der Waals surface area (Å²) in [4.78, 5) is 41.4. The number of alkyl halides is 2. The van der Waals surface area contributed by atoms with Crippen LogP contribution in [0.2, 0.25) is 0 Å². The predicted octanol–water partition coefficient (Wildman–Crippen LogP) is 3.33. The number of nitrogens with one attached hydrogen (secondary N) is 3. The normalized spacial score (nSPS) is 25.8. The maximum absolute atomic E-state index is 13.6. The molecule has 1 aromatic rings. The molecule has 1 aromatic carbocycles. The van der Waals surface area contributed by atoms with E-state index in [1.807, 2.05) is 29.2 Å². The quantitative estimate of drug-likeness (QED) is 0.524. The Kier molecular flexibility index (Phi) is 10.5. The molecule has 0 radical (unpaired) electrons. The van der Waals surface area contributed by atoms with E-state index >= 15 is 0 Å².